The van der Waals surface area contributed by atoms with Crippen LogP contribution in [0.3, 0.4) is 0 Å². The zero-order valence-corrected chi connectivity index (χ0v) is 16.5. The molecule has 0 aliphatic heterocycles. The van der Waals surface area contributed by atoms with Crippen molar-refractivity contribution in [3.05, 3.63) is 64.4 Å². The van der Waals surface area contributed by atoms with Gasteiger partial charge in [-0.2, -0.15) is 0 Å². The van der Waals surface area contributed by atoms with Crippen molar-refractivity contribution in [1.29, 1.82) is 0 Å². The Kier molecular flexibility index (Phi) is 8.62. The lowest BCUT2D eigenvalue weighted by atomic mass is 9.97. The van der Waals surface area contributed by atoms with Crippen molar-refractivity contribution in [2.75, 3.05) is 6.54 Å². The highest BCUT2D eigenvalue weighted by molar-refractivity contribution is 6.30. The number of carbonyl (C=O) groups excluding carboxylic acids is 3. The number of aromatic nitrogens is 1. The first-order valence-electron chi connectivity index (χ1n) is 9.06. The molecule has 7 heteroatoms. The number of hydrogen-bond acceptors (Lipinski definition) is 5. The van der Waals surface area contributed by atoms with E-state index in [-0.39, 0.29) is 30.7 Å². The van der Waals surface area contributed by atoms with E-state index in [0.29, 0.717) is 36.4 Å². The lowest BCUT2D eigenvalue weighted by Crippen LogP contribution is -2.21. The number of ether oxygens (including phenoxy) is 1. The highest BCUT2D eigenvalue weighted by Gasteiger charge is 2.14. The smallest absolute Gasteiger partial charge is 0.306 e. The van der Waals surface area contributed by atoms with Gasteiger partial charge in [0.05, 0.1) is 0 Å². The highest BCUT2D eigenvalue weighted by atomic mass is 35.5. The summed E-state index contributed by atoms with van der Waals surface area (Å²) in [7, 11) is 0. The number of halogens is 1. The summed E-state index contributed by atoms with van der Waals surface area (Å²) < 4.78 is 5.25. The van der Waals surface area contributed by atoms with Crippen molar-refractivity contribution in [1.82, 2.24) is 10.3 Å². The predicted octanol–water partition coefficient (Wildman–Crippen LogP) is 3.51. The number of aryl methyl sites for hydroxylation is 1. The second kappa shape index (κ2) is 11.2. The number of carbonyl (C=O) groups is 3. The average Bonchev–Trinajstić information content (AvgIpc) is 2.68. The zero-order chi connectivity index (χ0) is 20.4. The summed E-state index contributed by atoms with van der Waals surface area (Å²) in [5, 5.41) is 3.17. The van der Waals surface area contributed by atoms with E-state index in [1.54, 1.807) is 36.7 Å². The van der Waals surface area contributed by atoms with E-state index in [0.717, 1.165) is 11.1 Å². The Hall–Kier alpha value is -2.73. The van der Waals surface area contributed by atoms with Crippen molar-refractivity contribution in [2.45, 2.75) is 39.2 Å². The molecule has 0 aliphatic rings. The van der Waals surface area contributed by atoms with Gasteiger partial charge in [0.1, 0.15) is 6.61 Å². The van der Waals surface area contributed by atoms with E-state index in [4.69, 9.17) is 16.3 Å². The number of rotatable bonds is 10. The van der Waals surface area contributed by atoms with E-state index in [1.165, 1.54) is 6.92 Å². The molecule has 0 unspecified atom stereocenters. The number of ketones is 1. The largest absolute Gasteiger partial charge is 0.461 e. The summed E-state index contributed by atoms with van der Waals surface area (Å²) in [5.74, 6) is -0.516. The Morgan fingerprint density at radius 1 is 1.18 bits per heavy atom. The third-order valence-corrected chi connectivity index (χ3v) is 4.28. The molecule has 0 spiro atoms. The first kappa shape index (κ1) is 21.6. The van der Waals surface area contributed by atoms with E-state index >= 15 is 0 Å². The average molecular weight is 403 g/mol. The maximum atomic E-state index is 12.5. The van der Waals surface area contributed by atoms with Crippen molar-refractivity contribution >= 4 is 29.3 Å². The van der Waals surface area contributed by atoms with Gasteiger partial charge in [0.2, 0.25) is 5.91 Å². The number of Topliss-reactive ketones (excluding diaryl/α,β-unsaturated/α-hetero) is 1. The molecule has 0 saturated heterocycles. The fourth-order valence-corrected chi connectivity index (χ4v) is 2.84. The normalized spacial score (nSPS) is 10.4. The maximum Gasteiger partial charge on any atom is 0.306 e. The first-order valence-corrected chi connectivity index (χ1v) is 9.44. The van der Waals surface area contributed by atoms with Crippen LogP contribution in [0.1, 0.15) is 47.7 Å². The molecule has 2 rings (SSSR count). The van der Waals surface area contributed by atoms with Gasteiger partial charge in [-0.3, -0.25) is 19.4 Å². The molecule has 0 saturated carbocycles. The van der Waals surface area contributed by atoms with Crippen LogP contribution in [0.5, 0.6) is 0 Å². The summed E-state index contributed by atoms with van der Waals surface area (Å²) in [5.41, 5.74) is 2.08. The molecule has 148 valence electrons. The van der Waals surface area contributed by atoms with Gasteiger partial charge < -0.3 is 10.1 Å². The number of amides is 1. The van der Waals surface area contributed by atoms with Crippen LogP contribution in [0.15, 0.2) is 42.7 Å². The van der Waals surface area contributed by atoms with E-state index in [9.17, 15) is 14.4 Å². The fraction of sp³-hybridized carbons (Fsp3) is 0.333. The molecule has 1 heterocycles. The molecule has 0 radical (unpaired) electrons. The van der Waals surface area contributed by atoms with Crippen LogP contribution in [-0.2, 0) is 27.4 Å². The Labute approximate surface area is 169 Å². The summed E-state index contributed by atoms with van der Waals surface area (Å²) >= 11 is 6.06. The van der Waals surface area contributed by atoms with Gasteiger partial charge in [-0.1, -0.05) is 17.7 Å². The van der Waals surface area contributed by atoms with Crippen LogP contribution < -0.4 is 5.32 Å². The molecule has 28 heavy (non-hydrogen) atoms. The fourth-order valence-electron chi connectivity index (χ4n) is 2.65. The minimum Gasteiger partial charge on any atom is -0.461 e. The van der Waals surface area contributed by atoms with E-state index < -0.39 is 0 Å². The maximum absolute atomic E-state index is 12.5. The third kappa shape index (κ3) is 7.48. The number of esters is 1. The molecule has 1 N–H and O–H groups in total. The molecule has 1 aromatic carbocycles. The molecule has 0 fully saturated rings. The van der Waals surface area contributed by atoms with Crippen LogP contribution >= 0.6 is 11.6 Å². The van der Waals surface area contributed by atoms with Gasteiger partial charge in [-0.15, -0.1) is 0 Å². The third-order valence-electron chi connectivity index (χ3n) is 4.04. The first-order chi connectivity index (χ1) is 13.5. The van der Waals surface area contributed by atoms with E-state index in [1.807, 2.05) is 6.07 Å². The molecular formula is C21H23ClN2O4. The second-order valence-electron chi connectivity index (χ2n) is 6.33. The molecule has 6 nitrogen and oxygen atoms in total. The Bertz CT molecular complexity index is 824. The molecule has 2 aromatic rings. The Morgan fingerprint density at radius 2 is 2.00 bits per heavy atom. The van der Waals surface area contributed by atoms with Gasteiger partial charge in [-0.25, -0.2) is 0 Å². The van der Waals surface area contributed by atoms with Crippen molar-refractivity contribution < 1.29 is 19.1 Å². The number of pyridine rings is 1. The number of nitrogens with one attached hydrogen (secondary N) is 1. The van der Waals surface area contributed by atoms with Gasteiger partial charge in [0.25, 0.3) is 0 Å². The lowest BCUT2D eigenvalue weighted by Gasteiger charge is -2.10. The summed E-state index contributed by atoms with van der Waals surface area (Å²) in [6.45, 7) is 2.05. The molecule has 0 atom stereocenters. The van der Waals surface area contributed by atoms with Crippen LogP contribution in [0.4, 0.5) is 0 Å². The van der Waals surface area contributed by atoms with Crippen LogP contribution in [0.25, 0.3) is 0 Å². The molecular weight excluding hydrogens is 380 g/mol. The quantitative estimate of drug-likeness (QED) is 0.373. The van der Waals surface area contributed by atoms with E-state index in [2.05, 4.69) is 10.3 Å². The van der Waals surface area contributed by atoms with Gasteiger partial charge in [-0.05, 0) is 42.7 Å². The summed E-state index contributed by atoms with van der Waals surface area (Å²) in [4.78, 5) is 39.4. The number of hydrogen-bond donors (Lipinski definition) is 1. The lowest BCUT2D eigenvalue weighted by molar-refractivity contribution is -0.144. The highest BCUT2D eigenvalue weighted by Crippen LogP contribution is 2.20. The summed E-state index contributed by atoms with van der Waals surface area (Å²) in [6.07, 6.45) is 4.65. The number of nitrogens with zero attached hydrogens (tertiary/aromatic N) is 1. The van der Waals surface area contributed by atoms with Crippen LogP contribution in [0, 0.1) is 0 Å². The summed E-state index contributed by atoms with van der Waals surface area (Å²) in [6, 6.07) is 8.65. The van der Waals surface area contributed by atoms with Gasteiger partial charge >= 0.3 is 5.97 Å². The topological polar surface area (TPSA) is 85.4 Å². The van der Waals surface area contributed by atoms with Crippen LogP contribution in [-0.4, -0.2) is 29.2 Å². The SMILES string of the molecule is CC(=O)NCCCC(=O)c1ccc(Cl)cc1CCC(=O)OCc1cccnc1. The molecule has 0 aliphatic carbocycles. The molecule has 1 amide bonds. The Balaban J connectivity index is 1.89. The number of benzene rings is 1. The van der Waals surface area contributed by atoms with Crippen molar-refractivity contribution in [3.63, 3.8) is 0 Å². The standard InChI is InChI=1S/C21H23ClN2O4/c1-15(25)24-11-3-5-20(26)19-8-7-18(22)12-17(19)6-9-21(27)28-14-16-4-2-10-23-13-16/h2,4,7-8,10,12-13H,3,5-6,9,11,14H2,1H3,(H,24,25). The van der Waals surface area contributed by atoms with Crippen molar-refractivity contribution in [3.8, 4) is 0 Å². The monoisotopic (exact) mass is 402 g/mol. The molecule has 1 aromatic heterocycles. The minimum absolute atomic E-state index is 0.0410. The molecule has 0 bridgehead atoms. The van der Waals surface area contributed by atoms with Gasteiger partial charge in [0.15, 0.2) is 5.78 Å². The van der Waals surface area contributed by atoms with Crippen molar-refractivity contribution in [2.24, 2.45) is 0 Å². The zero-order valence-electron chi connectivity index (χ0n) is 15.7. The minimum atomic E-state index is -0.354. The second-order valence-corrected chi connectivity index (χ2v) is 6.77. The van der Waals surface area contributed by atoms with Gasteiger partial charge in [0, 0.05) is 54.9 Å². The predicted molar refractivity (Wildman–Crippen MR) is 106 cm³/mol. The van der Waals surface area contributed by atoms with Crippen LogP contribution in [0.2, 0.25) is 5.02 Å². The Morgan fingerprint density at radius 3 is 2.71 bits per heavy atom.